The zero-order valence-corrected chi connectivity index (χ0v) is 7.06. The molecule has 66 valence electrons. The number of hydrogen-bond acceptors (Lipinski definition) is 3. The van der Waals surface area contributed by atoms with Crippen molar-refractivity contribution in [3.05, 3.63) is 29.8 Å². The van der Waals surface area contributed by atoms with Gasteiger partial charge in [-0.1, -0.05) is 12.1 Å². The second kappa shape index (κ2) is 3.46. The van der Waals surface area contributed by atoms with E-state index >= 15 is 0 Å². The van der Waals surface area contributed by atoms with Crippen molar-refractivity contribution in [2.45, 2.75) is 6.10 Å². The maximum atomic E-state index is 8.74. The van der Waals surface area contributed by atoms with Crippen molar-refractivity contribution in [2.24, 2.45) is 0 Å². The zero-order valence-electron chi connectivity index (χ0n) is 7.06. The molecule has 1 unspecified atom stereocenters. The molecule has 0 bridgehead atoms. The fraction of sp³-hybridized carbons (Fsp3) is 0.300. The highest BCUT2D eigenvalue weighted by Crippen LogP contribution is 2.18. The van der Waals surface area contributed by atoms with E-state index in [9.17, 15) is 0 Å². The van der Waals surface area contributed by atoms with E-state index in [0.29, 0.717) is 17.9 Å². The minimum Gasteiger partial charge on any atom is -0.489 e. The molecular weight excluding hydrogens is 166 g/mol. The number of ether oxygens (including phenoxy) is 2. The van der Waals surface area contributed by atoms with Crippen molar-refractivity contribution in [2.75, 3.05) is 13.2 Å². The van der Waals surface area contributed by atoms with Crippen LogP contribution in [0.15, 0.2) is 24.3 Å². The number of para-hydroxylation sites is 1. The van der Waals surface area contributed by atoms with Gasteiger partial charge in [-0.3, -0.25) is 0 Å². The molecule has 1 heterocycles. The molecule has 13 heavy (non-hydrogen) atoms. The number of nitriles is 1. The number of nitrogens with zero attached hydrogens (tertiary/aromatic N) is 1. The summed E-state index contributed by atoms with van der Waals surface area (Å²) in [6.45, 7) is 1.31. The van der Waals surface area contributed by atoms with Crippen LogP contribution in [-0.2, 0) is 4.74 Å². The van der Waals surface area contributed by atoms with Crippen LogP contribution in [0.3, 0.4) is 0 Å². The van der Waals surface area contributed by atoms with E-state index in [2.05, 4.69) is 6.07 Å². The summed E-state index contributed by atoms with van der Waals surface area (Å²) < 4.78 is 10.4. The Hall–Kier alpha value is -1.53. The third-order valence-corrected chi connectivity index (χ3v) is 1.83. The second-order valence-electron chi connectivity index (χ2n) is 2.87. The van der Waals surface area contributed by atoms with E-state index in [1.54, 1.807) is 12.1 Å². The number of rotatable bonds is 3. The highest BCUT2D eigenvalue weighted by Gasteiger charge is 2.23. The Morgan fingerprint density at radius 3 is 3.00 bits per heavy atom. The van der Waals surface area contributed by atoms with Crippen molar-refractivity contribution in [3.63, 3.8) is 0 Å². The molecule has 3 nitrogen and oxygen atoms in total. The monoisotopic (exact) mass is 175 g/mol. The van der Waals surface area contributed by atoms with Crippen LogP contribution in [0.5, 0.6) is 5.75 Å². The van der Waals surface area contributed by atoms with Gasteiger partial charge in [0.25, 0.3) is 0 Å². The number of benzene rings is 1. The van der Waals surface area contributed by atoms with E-state index in [-0.39, 0.29) is 6.10 Å². The first kappa shape index (κ1) is 8.09. The van der Waals surface area contributed by atoms with Gasteiger partial charge in [-0.25, -0.2) is 0 Å². The summed E-state index contributed by atoms with van der Waals surface area (Å²) in [5.41, 5.74) is 0.572. The normalized spacial score (nSPS) is 19.2. The molecule has 3 heteroatoms. The number of hydrogen-bond donors (Lipinski definition) is 0. The minimum absolute atomic E-state index is 0.228. The summed E-state index contributed by atoms with van der Waals surface area (Å²) in [4.78, 5) is 0. The molecule has 0 spiro atoms. The van der Waals surface area contributed by atoms with Crippen molar-refractivity contribution in [1.82, 2.24) is 0 Å². The van der Waals surface area contributed by atoms with Gasteiger partial charge < -0.3 is 9.47 Å². The lowest BCUT2D eigenvalue weighted by Crippen LogP contribution is -2.04. The summed E-state index contributed by atoms with van der Waals surface area (Å²) in [5.74, 6) is 0.639. The molecule has 0 saturated carbocycles. The van der Waals surface area contributed by atoms with E-state index in [1.807, 2.05) is 12.1 Å². The lowest BCUT2D eigenvalue weighted by atomic mass is 10.2. The summed E-state index contributed by atoms with van der Waals surface area (Å²) >= 11 is 0. The first-order valence-electron chi connectivity index (χ1n) is 4.13. The highest BCUT2D eigenvalue weighted by atomic mass is 16.6. The molecule has 1 aromatic rings. The third kappa shape index (κ3) is 1.98. The molecule has 1 aromatic carbocycles. The van der Waals surface area contributed by atoms with Gasteiger partial charge in [0.15, 0.2) is 0 Å². The van der Waals surface area contributed by atoms with Gasteiger partial charge in [-0.05, 0) is 12.1 Å². The van der Waals surface area contributed by atoms with Crippen LogP contribution in [0.25, 0.3) is 0 Å². The fourth-order valence-electron chi connectivity index (χ4n) is 1.03. The van der Waals surface area contributed by atoms with Crippen LogP contribution in [-0.4, -0.2) is 19.3 Å². The highest BCUT2D eigenvalue weighted by molar-refractivity contribution is 5.42. The van der Waals surface area contributed by atoms with Gasteiger partial charge in [0.1, 0.15) is 24.5 Å². The van der Waals surface area contributed by atoms with Gasteiger partial charge in [0.05, 0.1) is 12.2 Å². The van der Waals surface area contributed by atoms with Gasteiger partial charge in [0, 0.05) is 0 Å². The van der Waals surface area contributed by atoms with E-state index < -0.39 is 0 Å². The van der Waals surface area contributed by atoms with Crippen LogP contribution in [0.4, 0.5) is 0 Å². The Morgan fingerprint density at radius 2 is 2.31 bits per heavy atom. The summed E-state index contributed by atoms with van der Waals surface area (Å²) in [6.07, 6.45) is 0.228. The Labute approximate surface area is 76.5 Å². The molecule has 1 aliphatic rings. The third-order valence-electron chi connectivity index (χ3n) is 1.83. The number of epoxide rings is 1. The van der Waals surface area contributed by atoms with E-state index in [0.717, 1.165) is 6.61 Å². The lowest BCUT2D eigenvalue weighted by molar-refractivity contribution is 0.262. The zero-order chi connectivity index (χ0) is 9.10. The van der Waals surface area contributed by atoms with Crippen LogP contribution in [0.1, 0.15) is 5.56 Å². The summed E-state index contributed by atoms with van der Waals surface area (Å²) in [5, 5.41) is 8.74. The molecule has 0 N–H and O–H groups in total. The first-order chi connectivity index (χ1) is 6.40. The minimum atomic E-state index is 0.228. The maximum Gasteiger partial charge on any atom is 0.137 e. The van der Waals surface area contributed by atoms with Crippen molar-refractivity contribution in [3.8, 4) is 11.8 Å². The maximum absolute atomic E-state index is 8.74. The van der Waals surface area contributed by atoms with Crippen molar-refractivity contribution >= 4 is 0 Å². The molecule has 2 rings (SSSR count). The topological polar surface area (TPSA) is 45.5 Å². The average molecular weight is 175 g/mol. The Balaban J connectivity index is 2.05. The molecule has 0 amide bonds. The van der Waals surface area contributed by atoms with Crippen molar-refractivity contribution < 1.29 is 9.47 Å². The SMILES string of the molecule is N#Cc1ccccc1OCC1CO1. The lowest BCUT2D eigenvalue weighted by Gasteiger charge is -2.04. The van der Waals surface area contributed by atoms with Crippen LogP contribution < -0.4 is 4.74 Å². The fourth-order valence-corrected chi connectivity index (χ4v) is 1.03. The van der Waals surface area contributed by atoms with Crippen LogP contribution in [0.2, 0.25) is 0 Å². The van der Waals surface area contributed by atoms with Crippen LogP contribution in [0, 0.1) is 11.3 Å². The van der Waals surface area contributed by atoms with Crippen LogP contribution >= 0.6 is 0 Å². The molecule has 1 aliphatic heterocycles. The molecule has 1 atom stereocenters. The predicted octanol–water partition coefficient (Wildman–Crippen LogP) is 1.34. The standard InChI is InChI=1S/C10H9NO2/c11-5-8-3-1-2-4-10(8)13-7-9-6-12-9/h1-4,9H,6-7H2. The Bertz CT molecular complexity index is 339. The quantitative estimate of drug-likeness (QED) is 0.651. The average Bonchev–Trinajstić information content (AvgIpc) is 2.99. The van der Waals surface area contributed by atoms with Crippen molar-refractivity contribution in [1.29, 1.82) is 5.26 Å². The Morgan fingerprint density at radius 1 is 1.54 bits per heavy atom. The van der Waals surface area contributed by atoms with E-state index in [1.165, 1.54) is 0 Å². The molecule has 0 radical (unpaired) electrons. The first-order valence-corrected chi connectivity index (χ1v) is 4.13. The predicted molar refractivity (Wildman–Crippen MR) is 46.4 cm³/mol. The molecule has 1 fully saturated rings. The van der Waals surface area contributed by atoms with E-state index in [4.69, 9.17) is 14.7 Å². The molecule has 0 aliphatic carbocycles. The molecular formula is C10H9NO2. The van der Waals surface area contributed by atoms with Gasteiger partial charge in [-0.15, -0.1) is 0 Å². The summed E-state index contributed by atoms with van der Waals surface area (Å²) in [7, 11) is 0. The van der Waals surface area contributed by atoms with Gasteiger partial charge in [-0.2, -0.15) is 5.26 Å². The second-order valence-corrected chi connectivity index (χ2v) is 2.87. The van der Waals surface area contributed by atoms with Gasteiger partial charge >= 0.3 is 0 Å². The summed E-state index contributed by atoms with van der Waals surface area (Å²) in [6, 6.07) is 9.28. The largest absolute Gasteiger partial charge is 0.489 e. The smallest absolute Gasteiger partial charge is 0.137 e. The van der Waals surface area contributed by atoms with Gasteiger partial charge in [0.2, 0.25) is 0 Å². The molecule has 0 aromatic heterocycles. The Kier molecular flexibility index (Phi) is 2.15. The molecule has 1 saturated heterocycles.